The zero-order chi connectivity index (χ0) is 20.3. The van der Waals surface area contributed by atoms with Crippen LogP contribution >= 0.6 is 0 Å². The van der Waals surface area contributed by atoms with Crippen LogP contribution in [0.3, 0.4) is 0 Å². The maximum Gasteiger partial charge on any atom is 0.341 e. The Morgan fingerprint density at radius 1 is 0.897 bits per heavy atom. The number of esters is 1. The van der Waals surface area contributed by atoms with Gasteiger partial charge in [-0.3, -0.25) is 4.79 Å². The molecule has 0 amide bonds. The highest BCUT2D eigenvalue weighted by Gasteiger charge is 2.49. The van der Waals surface area contributed by atoms with Crippen molar-refractivity contribution in [3.05, 3.63) is 108 Å². The number of Topliss-reactive ketones (excluding diaryl/α,β-unsaturated/α-hetero) is 1. The van der Waals surface area contributed by atoms with E-state index in [1.807, 2.05) is 78.9 Å². The molecule has 0 saturated carbocycles. The first kappa shape index (κ1) is 18.8. The van der Waals surface area contributed by atoms with E-state index in [1.165, 1.54) is 0 Å². The molecule has 1 aliphatic heterocycles. The second-order valence-electron chi connectivity index (χ2n) is 7.28. The maximum absolute atomic E-state index is 13.0. The second-order valence-corrected chi connectivity index (χ2v) is 7.28. The lowest BCUT2D eigenvalue weighted by Gasteiger charge is -2.28. The maximum atomic E-state index is 13.0. The van der Waals surface area contributed by atoms with E-state index >= 15 is 0 Å². The number of ketones is 1. The molecule has 0 spiro atoms. The summed E-state index contributed by atoms with van der Waals surface area (Å²) < 4.78 is 5.55. The highest BCUT2D eigenvalue weighted by Crippen LogP contribution is 2.40. The molecule has 4 nitrogen and oxygen atoms in total. The first-order chi connectivity index (χ1) is 14.1. The second kappa shape index (κ2) is 7.84. The summed E-state index contributed by atoms with van der Waals surface area (Å²) >= 11 is 0. The van der Waals surface area contributed by atoms with Gasteiger partial charge in [0, 0.05) is 23.5 Å². The number of hydrogen-bond acceptors (Lipinski definition) is 4. The Labute approximate surface area is 169 Å². The third-order valence-corrected chi connectivity index (χ3v) is 5.32. The van der Waals surface area contributed by atoms with Gasteiger partial charge in [-0.25, -0.2) is 9.79 Å². The average Bonchev–Trinajstić information content (AvgIpc) is 3.09. The summed E-state index contributed by atoms with van der Waals surface area (Å²) in [6.45, 7) is 1.75. The summed E-state index contributed by atoms with van der Waals surface area (Å²) in [5.74, 6) is -0.612. The van der Waals surface area contributed by atoms with Crippen LogP contribution in [0.2, 0.25) is 0 Å². The van der Waals surface area contributed by atoms with Crippen molar-refractivity contribution >= 4 is 17.7 Å². The molecule has 1 aliphatic rings. The Morgan fingerprint density at radius 2 is 1.45 bits per heavy atom. The van der Waals surface area contributed by atoms with Crippen LogP contribution in [0.1, 0.15) is 40.7 Å². The molecule has 0 aliphatic carbocycles. The molecule has 0 saturated heterocycles. The Balaban J connectivity index is 1.73. The average molecular weight is 383 g/mol. The molecule has 4 heteroatoms. The van der Waals surface area contributed by atoms with Crippen molar-refractivity contribution < 1.29 is 14.3 Å². The highest BCUT2D eigenvalue weighted by atomic mass is 16.6. The summed E-state index contributed by atoms with van der Waals surface area (Å²) in [6.07, 6.45) is 0.158. The van der Waals surface area contributed by atoms with E-state index in [0.29, 0.717) is 11.5 Å². The van der Waals surface area contributed by atoms with Gasteiger partial charge < -0.3 is 4.74 Å². The Hall–Kier alpha value is -3.53. The van der Waals surface area contributed by atoms with Gasteiger partial charge in [0.2, 0.25) is 5.90 Å². The number of hydrogen-bond donors (Lipinski definition) is 0. The van der Waals surface area contributed by atoms with Gasteiger partial charge in [0.1, 0.15) is 0 Å². The van der Waals surface area contributed by atoms with Gasteiger partial charge in [0.25, 0.3) is 0 Å². The van der Waals surface area contributed by atoms with Crippen LogP contribution in [0.15, 0.2) is 96.0 Å². The van der Waals surface area contributed by atoms with E-state index < -0.39 is 17.4 Å². The van der Waals surface area contributed by atoms with E-state index in [1.54, 1.807) is 19.1 Å². The van der Waals surface area contributed by atoms with Crippen molar-refractivity contribution in [2.24, 2.45) is 4.99 Å². The van der Waals surface area contributed by atoms with E-state index in [2.05, 4.69) is 4.99 Å². The van der Waals surface area contributed by atoms with Crippen molar-refractivity contribution in [2.75, 3.05) is 0 Å². The van der Waals surface area contributed by atoms with Gasteiger partial charge in [0.05, 0.1) is 0 Å². The topological polar surface area (TPSA) is 55.7 Å². The van der Waals surface area contributed by atoms with E-state index in [4.69, 9.17) is 4.74 Å². The molecule has 0 fully saturated rings. The zero-order valence-electron chi connectivity index (χ0n) is 16.1. The summed E-state index contributed by atoms with van der Waals surface area (Å²) in [7, 11) is 0. The minimum Gasteiger partial charge on any atom is -0.405 e. The van der Waals surface area contributed by atoms with Gasteiger partial charge in [-0.1, -0.05) is 78.9 Å². The fourth-order valence-corrected chi connectivity index (χ4v) is 3.65. The Kier molecular flexibility index (Phi) is 5.09. The number of ether oxygens (including phenoxy) is 1. The van der Waals surface area contributed by atoms with Crippen LogP contribution in [-0.2, 0) is 9.53 Å². The first-order valence-electron chi connectivity index (χ1n) is 9.58. The molecule has 3 aromatic rings. The summed E-state index contributed by atoms with van der Waals surface area (Å²) in [5.41, 5.74) is 1.06. The number of benzene rings is 3. The van der Waals surface area contributed by atoms with Crippen LogP contribution in [0, 0.1) is 0 Å². The number of cyclic esters (lactones) is 1. The monoisotopic (exact) mass is 383 g/mol. The van der Waals surface area contributed by atoms with Crippen LogP contribution in [0.4, 0.5) is 0 Å². The predicted octanol–water partition coefficient (Wildman–Crippen LogP) is 4.81. The number of rotatable bonds is 6. The standard InChI is InChI=1S/C25H21NO3/c1-25(24(28)29-23(26-25)20-15-9-4-10-16-20)21(18-11-5-2-6-12-18)17-22(27)19-13-7-3-8-14-19/h2-16,21H,17H2,1H3/t21-,25-/m1/s1. The lowest BCUT2D eigenvalue weighted by atomic mass is 9.77. The minimum atomic E-state index is -1.18. The molecule has 1 heterocycles. The van der Waals surface area contributed by atoms with E-state index in [9.17, 15) is 9.59 Å². The van der Waals surface area contributed by atoms with Gasteiger partial charge in [-0.05, 0) is 24.6 Å². The molecular weight excluding hydrogens is 362 g/mol. The third kappa shape index (κ3) is 3.74. The van der Waals surface area contributed by atoms with Gasteiger partial charge in [0.15, 0.2) is 11.3 Å². The quantitative estimate of drug-likeness (QED) is 0.454. The molecule has 29 heavy (non-hydrogen) atoms. The molecule has 2 atom stereocenters. The summed E-state index contributed by atoms with van der Waals surface area (Å²) in [5, 5.41) is 0. The third-order valence-electron chi connectivity index (χ3n) is 5.32. The fourth-order valence-electron chi connectivity index (χ4n) is 3.65. The smallest absolute Gasteiger partial charge is 0.341 e. The van der Waals surface area contributed by atoms with Crippen LogP contribution < -0.4 is 0 Å². The van der Waals surface area contributed by atoms with Crippen LogP contribution in [0.5, 0.6) is 0 Å². The number of aliphatic imine (C=N–C) groups is 1. The SMILES string of the molecule is C[C@]1([C@H](CC(=O)c2ccccc2)c2ccccc2)N=C(c2ccccc2)OC1=O. The number of carbonyl (C=O) groups excluding carboxylic acids is 2. The largest absolute Gasteiger partial charge is 0.405 e. The highest BCUT2D eigenvalue weighted by molar-refractivity contribution is 6.08. The van der Waals surface area contributed by atoms with E-state index in [-0.39, 0.29) is 12.2 Å². The van der Waals surface area contributed by atoms with Crippen molar-refractivity contribution in [1.29, 1.82) is 0 Å². The van der Waals surface area contributed by atoms with Crippen LogP contribution in [-0.4, -0.2) is 23.2 Å². The number of nitrogens with zero attached hydrogens (tertiary/aromatic N) is 1. The first-order valence-corrected chi connectivity index (χ1v) is 9.58. The van der Waals surface area contributed by atoms with Crippen molar-refractivity contribution in [1.82, 2.24) is 0 Å². The molecular formula is C25H21NO3. The van der Waals surface area contributed by atoms with E-state index in [0.717, 1.165) is 11.1 Å². The minimum absolute atomic E-state index is 0.0307. The van der Waals surface area contributed by atoms with Crippen LogP contribution in [0.25, 0.3) is 0 Å². The molecule has 3 aromatic carbocycles. The lowest BCUT2D eigenvalue weighted by Crippen LogP contribution is -2.38. The molecule has 0 radical (unpaired) electrons. The Morgan fingerprint density at radius 3 is 2.07 bits per heavy atom. The fraction of sp³-hybridized carbons (Fsp3) is 0.160. The van der Waals surface area contributed by atoms with Gasteiger partial charge in [-0.15, -0.1) is 0 Å². The molecule has 4 rings (SSSR count). The molecule has 0 unspecified atom stereocenters. The van der Waals surface area contributed by atoms with Gasteiger partial charge in [-0.2, -0.15) is 0 Å². The van der Waals surface area contributed by atoms with Crippen molar-refractivity contribution in [3.8, 4) is 0 Å². The number of carbonyl (C=O) groups is 2. The molecule has 0 N–H and O–H groups in total. The summed E-state index contributed by atoms with van der Waals surface area (Å²) in [6, 6.07) is 28.0. The zero-order valence-corrected chi connectivity index (χ0v) is 16.1. The normalized spacial score (nSPS) is 19.3. The van der Waals surface area contributed by atoms with Crippen molar-refractivity contribution in [2.45, 2.75) is 24.8 Å². The predicted molar refractivity (Wildman–Crippen MR) is 112 cm³/mol. The molecule has 0 aromatic heterocycles. The summed E-state index contributed by atoms with van der Waals surface area (Å²) in [4.78, 5) is 30.6. The van der Waals surface area contributed by atoms with Gasteiger partial charge >= 0.3 is 5.97 Å². The Bertz CT molecular complexity index is 1050. The molecule has 144 valence electrons. The molecule has 0 bridgehead atoms. The van der Waals surface area contributed by atoms with Crippen molar-refractivity contribution in [3.63, 3.8) is 0 Å². The lowest BCUT2D eigenvalue weighted by molar-refractivity contribution is -0.139.